The second kappa shape index (κ2) is 5.16. The molecule has 4 nitrogen and oxygen atoms in total. The number of alkyl halides is 3. The van der Waals surface area contributed by atoms with Crippen LogP contribution in [-0.4, -0.2) is 24.5 Å². The van der Waals surface area contributed by atoms with Crippen LogP contribution in [0.5, 0.6) is 0 Å². The van der Waals surface area contributed by atoms with Gasteiger partial charge in [0.25, 0.3) is 0 Å². The molecule has 18 heavy (non-hydrogen) atoms. The van der Waals surface area contributed by atoms with Gasteiger partial charge in [0.2, 0.25) is 0 Å². The highest BCUT2D eigenvalue weighted by Crippen LogP contribution is 2.35. The number of carbonyl (C=O) groups excluding carboxylic acids is 1. The molecule has 0 spiro atoms. The second-order valence-corrected chi connectivity index (χ2v) is 3.74. The van der Waals surface area contributed by atoms with Crippen molar-refractivity contribution < 1.29 is 18.0 Å². The number of hydrogen-bond donors (Lipinski definition) is 2. The first-order valence-corrected chi connectivity index (χ1v) is 5.24. The number of hydrogen-bond acceptors (Lipinski definition) is 2. The minimum Gasteiger partial charge on any atom is -0.398 e. The van der Waals surface area contributed by atoms with E-state index in [1.54, 1.807) is 6.92 Å². The van der Waals surface area contributed by atoms with Gasteiger partial charge in [-0.05, 0) is 25.1 Å². The van der Waals surface area contributed by atoms with E-state index in [4.69, 9.17) is 5.73 Å². The Kier molecular flexibility index (Phi) is 4.05. The first-order valence-electron chi connectivity index (χ1n) is 5.24. The zero-order valence-electron chi connectivity index (χ0n) is 10.0. The number of nitrogens with zero attached hydrogens (tertiary/aromatic N) is 1. The number of nitrogens with one attached hydrogen (secondary N) is 1. The molecule has 0 aliphatic rings. The lowest BCUT2D eigenvalue weighted by molar-refractivity contribution is -0.136. The molecule has 1 rings (SSSR count). The van der Waals surface area contributed by atoms with Crippen LogP contribution in [0.25, 0.3) is 0 Å². The SMILES string of the molecule is CCN(C)C(=O)Nc1ccc(N)c(C(F)(F)F)c1. The summed E-state index contributed by atoms with van der Waals surface area (Å²) in [7, 11) is 1.54. The van der Waals surface area contributed by atoms with Crippen LogP contribution in [0.3, 0.4) is 0 Å². The van der Waals surface area contributed by atoms with E-state index in [1.807, 2.05) is 0 Å². The molecular formula is C11H14F3N3O. The van der Waals surface area contributed by atoms with Gasteiger partial charge in [-0.2, -0.15) is 13.2 Å². The third kappa shape index (κ3) is 3.28. The standard InChI is InChI=1S/C11H14F3N3O/c1-3-17(2)10(18)16-7-4-5-9(15)8(6-7)11(12,13)14/h4-6H,3,15H2,1-2H3,(H,16,18). The van der Waals surface area contributed by atoms with Crippen molar-refractivity contribution in [2.24, 2.45) is 0 Å². The fourth-order valence-electron chi connectivity index (χ4n) is 1.24. The first-order chi connectivity index (χ1) is 8.25. The third-order valence-electron chi connectivity index (χ3n) is 2.43. The number of anilines is 2. The van der Waals surface area contributed by atoms with Crippen molar-refractivity contribution >= 4 is 17.4 Å². The highest BCUT2D eigenvalue weighted by atomic mass is 19.4. The van der Waals surface area contributed by atoms with Crippen LogP contribution in [0.2, 0.25) is 0 Å². The van der Waals surface area contributed by atoms with Crippen molar-refractivity contribution in [1.29, 1.82) is 0 Å². The Labute approximate surface area is 103 Å². The molecule has 0 radical (unpaired) electrons. The van der Waals surface area contributed by atoms with Gasteiger partial charge in [0.05, 0.1) is 5.56 Å². The van der Waals surface area contributed by atoms with Gasteiger partial charge < -0.3 is 16.0 Å². The Morgan fingerprint density at radius 1 is 1.44 bits per heavy atom. The van der Waals surface area contributed by atoms with Crippen LogP contribution in [0.15, 0.2) is 18.2 Å². The number of benzene rings is 1. The van der Waals surface area contributed by atoms with Gasteiger partial charge in [-0.15, -0.1) is 0 Å². The molecule has 100 valence electrons. The van der Waals surface area contributed by atoms with E-state index in [-0.39, 0.29) is 11.4 Å². The maximum Gasteiger partial charge on any atom is 0.418 e. The van der Waals surface area contributed by atoms with Crippen molar-refractivity contribution in [2.75, 3.05) is 24.6 Å². The minimum absolute atomic E-state index is 0.0572. The predicted molar refractivity (Wildman–Crippen MR) is 63.2 cm³/mol. The summed E-state index contributed by atoms with van der Waals surface area (Å²) in [6.07, 6.45) is -4.54. The van der Waals surface area contributed by atoms with Gasteiger partial charge in [-0.3, -0.25) is 0 Å². The Morgan fingerprint density at radius 2 is 2.06 bits per heavy atom. The van der Waals surface area contributed by atoms with Gasteiger partial charge in [0.1, 0.15) is 0 Å². The van der Waals surface area contributed by atoms with Crippen LogP contribution in [0.4, 0.5) is 29.3 Å². The van der Waals surface area contributed by atoms with Gasteiger partial charge in [-0.25, -0.2) is 4.79 Å². The van der Waals surface area contributed by atoms with E-state index in [0.29, 0.717) is 6.54 Å². The van der Waals surface area contributed by atoms with Crippen LogP contribution in [-0.2, 0) is 6.18 Å². The van der Waals surface area contributed by atoms with Gasteiger partial charge in [0.15, 0.2) is 0 Å². The zero-order valence-corrected chi connectivity index (χ0v) is 10.0. The largest absolute Gasteiger partial charge is 0.418 e. The van der Waals surface area contributed by atoms with E-state index >= 15 is 0 Å². The molecular weight excluding hydrogens is 247 g/mol. The van der Waals surface area contributed by atoms with Crippen LogP contribution in [0, 0.1) is 0 Å². The Bertz CT molecular complexity index is 446. The van der Waals surface area contributed by atoms with Crippen molar-refractivity contribution in [3.05, 3.63) is 23.8 Å². The molecule has 0 saturated carbocycles. The number of urea groups is 1. The Hall–Kier alpha value is -1.92. The number of nitrogens with two attached hydrogens (primary N) is 1. The lowest BCUT2D eigenvalue weighted by Crippen LogP contribution is -2.31. The molecule has 2 amide bonds. The van der Waals surface area contributed by atoms with E-state index in [1.165, 1.54) is 18.0 Å². The molecule has 0 aliphatic heterocycles. The summed E-state index contributed by atoms with van der Waals surface area (Å²) in [6.45, 7) is 2.20. The number of rotatable bonds is 2. The van der Waals surface area contributed by atoms with E-state index in [0.717, 1.165) is 12.1 Å². The van der Waals surface area contributed by atoms with Crippen LogP contribution < -0.4 is 11.1 Å². The van der Waals surface area contributed by atoms with E-state index in [9.17, 15) is 18.0 Å². The summed E-state index contributed by atoms with van der Waals surface area (Å²) >= 11 is 0. The molecule has 0 aliphatic carbocycles. The lowest BCUT2D eigenvalue weighted by atomic mass is 10.1. The fourth-order valence-corrected chi connectivity index (χ4v) is 1.24. The third-order valence-corrected chi connectivity index (χ3v) is 2.43. The monoisotopic (exact) mass is 261 g/mol. The topological polar surface area (TPSA) is 58.4 Å². The van der Waals surface area contributed by atoms with E-state index in [2.05, 4.69) is 5.32 Å². The summed E-state index contributed by atoms with van der Waals surface area (Å²) in [6, 6.07) is 2.78. The molecule has 0 bridgehead atoms. The molecule has 0 saturated heterocycles. The summed E-state index contributed by atoms with van der Waals surface area (Å²) in [5.74, 6) is 0. The average Bonchev–Trinajstić information content (AvgIpc) is 2.29. The fraction of sp³-hybridized carbons (Fsp3) is 0.364. The van der Waals surface area contributed by atoms with Crippen molar-refractivity contribution in [1.82, 2.24) is 4.90 Å². The van der Waals surface area contributed by atoms with Gasteiger partial charge in [-0.1, -0.05) is 0 Å². The quantitative estimate of drug-likeness (QED) is 0.804. The molecule has 0 unspecified atom stereocenters. The molecule has 0 heterocycles. The van der Waals surface area contributed by atoms with Crippen molar-refractivity contribution in [2.45, 2.75) is 13.1 Å². The molecule has 0 atom stereocenters. The molecule has 7 heteroatoms. The van der Waals surface area contributed by atoms with Gasteiger partial charge >= 0.3 is 12.2 Å². The zero-order chi connectivity index (χ0) is 13.9. The molecule has 0 aromatic heterocycles. The predicted octanol–water partition coefficient (Wildman–Crippen LogP) is 2.77. The normalized spacial score (nSPS) is 11.2. The number of nitrogen functional groups attached to an aromatic ring is 1. The average molecular weight is 261 g/mol. The highest BCUT2D eigenvalue weighted by Gasteiger charge is 2.33. The molecule has 0 fully saturated rings. The molecule has 3 N–H and O–H groups in total. The van der Waals surface area contributed by atoms with E-state index < -0.39 is 17.8 Å². The number of halogens is 3. The van der Waals surface area contributed by atoms with Crippen LogP contribution in [0.1, 0.15) is 12.5 Å². The Balaban J connectivity index is 2.96. The van der Waals surface area contributed by atoms with Crippen LogP contribution >= 0.6 is 0 Å². The Morgan fingerprint density at radius 3 is 2.56 bits per heavy atom. The summed E-state index contributed by atoms with van der Waals surface area (Å²) in [4.78, 5) is 12.8. The van der Waals surface area contributed by atoms with Crippen molar-refractivity contribution in [3.8, 4) is 0 Å². The van der Waals surface area contributed by atoms with Crippen molar-refractivity contribution in [3.63, 3.8) is 0 Å². The van der Waals surface area contributed by atoms with Gasteiger partial charge in [0, 0.05) is 25.0 Å². The number of amides is 2. The maximum atomic E-state index is 12.6. The first kappa shape index (κ1) is 14.1. The summed E-state index contributed by atoms with van der Waals surface area (Å²) in [5.41, 5.74) is 3.98. The summed E-state index contributed by atoms with van der Waals surface area (Å²) in [5, 5.41) is 2.36. The smallest absolute Gasteiger partial charge is 0.398 e. The maximum absolute atomic E-state index is 12.6. The lowest BCUT2D eigenvalue weighted by Gasteiger charge is -2.17. The number of carbonyl (C=O) groups is 1. The molecule has 1 aromatic rings. The second-order valence-electron chi connectivity index (χ2n) is 3.74. The summed E-state index contributed by atoms with van der Waals surface area (Å²) < 4.78 is 37.8. The highest BCUT2D eigenvalue weighted by molar-refractivity contribution is 5.89. The minimum atomic E-state index is -4.54. The molecule has 1 aromatic carbocycles.